The van der Waals surface area contributed by atoms with Gasteiger partial charge < -0.3 is 13.3 Å². The monoisotopic (exact) mass is 1350 g/mol. The summed E-state index contributed by atoms with van der Waals surface area (Å²) in [6, 6.07) is 7.82. The van der Waals surface area contributed by atoms with Gasteiger partial charge in [-0.05, 0) is 53.4 Å². The summed E-state index contributed by atoms with van der Waals surface area (Å²) in [6.45, 7) is 74.1. The number of oxazole rings is 3. The van der Waals surface area contributed by atoms with E-state index in [1.807, 2.05) is 192 Å². The van der Waals surface area contributed by atoms with E-state index >= 15 is 0 Å². The molecule has 14 nitrogen and oxygen atoms in total. The van der Waals surface area contributed by atoms with E-state index in [9.17, 15) is 0 Å². The summed E-state index contributed by atoms with van der Waals surface area (Å²) in [6.07, 6.45) is 23.9. The fraction of sp³-hybridized carbons (Fsp3) is 0.592. The second-order valence-corrected chi connectivity index (χ2v) is 21.9. The lowest BCUT2D eigenvalue weighted by Crippen LogP contribution is -1.93. The zero-order chi connectivity index (χ0) is 74.0. The van der Waals surface area contributed by atoms with E-state index in [0.29, 0.717) is 53.3 Å². The highest BCUT2D eigenvalue weighted by atomic mass is 32.1. The van der Waals surface area contributed by atoms with Gasteiger partial charge in [0.15, 0.2) is 18.7 Å². The molecule has 0 aromatic carbocycles. The largest absolute Gasteiger partial charge is 0.451 e. The average Bonchev–Trinajstić information content (AvgIpc) is 4.67. The van der Waals surface area contributed by atoms with Crippen molar-refractivity contribution in [2.75, 3.05) is 0 Å². The Balaban J connectivity index is -0.000000118. The smallest absolute Gasteiger partial charge is 0.196 e. The highest BCUT2D eigenvalue weighted by Crippen LogP contribution is 2.18. The van der Waals surface area contributed by atoms with Gasteiger partial charge >= 0.3 is 0 Å². The van der Waals surface area contributed by atoms with Gasteiger partial charge in [0.05, 0.1) is 39.8 Å². The Morgan fingerprint density at radius 3 is 1.16 bits per heavy atom. The molecule has 9 aromatic rings. The summed E-state index contributed by atoms with van der Waals surface area (Å²) in [4.78, 5) is 45.3. The van der Waals surface area contributed by atoms with Crippen molar-refractivity contribution in [2.24, 2.45) is 0 Å². The van der Waals surface area contributed by atoms with E-state index in [0.717, 1.165) is 28.9 Å². The predicted molar refractivity (Wildman–Crippen MR) is 413 cm³/mol. The third-order valence-electron chi connectivity index (χ3n) is 9.67. The summed E-state index contributed by atoms with van der Waals surface area (Å²) in [7, 11) is 0. The van der Waals surface area contributed by atoms with Crippen LogP contribution in [0.15, 0.2) is 147 Å². The fourth-order valence-electron chi connectivity index (χ4n) is 5.04. The third-order valence-corrected chi connectivity index (χ3v) is 12.4. The average molecular weight is 1350 g/mol. The lowest BCUT2D eigenvalue weighted by Gasteiger charge is -2.00. The van der Waals surface area contributed by atoms with E-state index in [1.165, 1.54) is 33.9 Å². The van der Waals surface area contributed by atoms with Crippen molar-refractivity contribution in [2.45, 2.75) is 303 Å². The van der Waals surface area contributed by atoms with E-state index in [2.05, 4.69) is 177 Å². The van der Waals surface area contributed by atoms with Gasteiger partial charge in [-0.3, -0.25) is 9.97 Å². The van der Waals surface area contributed by atoms with Gasteiger partial charge in [0, 0.05) is 88.4 Å². The van der Waals surface area contributed by atoms with Crippen LogP contribution >= 0.6 is 34.0 Å². The van der Waals surface area contributed by atoms with Crippen molar-refractivity contribution in [3.05, 3.63) is 183 Å². The first kappa shape index (κ1) is 106. The van der Waals surface area contributed by atoms with Crippen molar-refractivity contribution >= 4 is 34.0 Å². The Morgan fingerprint density at radius 1 is 0.366 bits per heavy atom. The topological polar surface area (TPSA) is 181 Å². The Morgan fingerprint density at radius 2 is 0.935 bits per heavy atom. The van der Waals surface area contributed by atoms with Crippen LogP contribution in [0.2, 0.25) is 0 Å². The highest BCUT2D eigenvalue weighted by Gasteiger charge is 2.03. The highest BCUT2D eigenvalue weighted by molar-refractivity contribution is 7.09. The molecule has 0 saturated heterocycles. The minimum Gasteiger partial charge on any atom is -0.451 e. The molecule has 17 heteroatoms. The van der Waals surface area contributed by atoms with Gasteiger partial charge in [-0.15, -0.1) is 34.0 Å². The summed E-state index contributed by atoms with van der Waals surface area (Å²) in [5.74, 6) is 7.38. The van der Waals surface area contributed by atoms with Gasteiger partial charge in [0.25, 0.3) is 0 Å². The summed E-state index contributed by atoms with van der Waals surface area (Å²) >= 11 is 5.10. The Hall–Kier alpha value is -6.17. The lowest BCUT2D eigenvalue weighted by atomic mass is 10.1. The second kappa shape index (κ2) is 81.9. The summed E-state index contributed by atoms with van der Waals surface area (Å²) in [5, 5.41) is 5.32. The zero-order valence-electron chi connectivity index (χ0n) is 65.8. The number of rotatable bonds is 9. The van der Waals surface area contributed by atoms with E-state index < -0.39 is 0 Å². The van der Waals surface area contributed by atoms with Gasteiger partial charge in [0.1, 0.15) is 30.4 Å². The SMILES string of the molecule is CC.CC.CC.CC.CC.CC.CC.CC.CC.CC(C)c1cccnc1.CC(C)c1ccncn1.CC(C)c1cnco1.CC(C)c1cncs1.CC(C)c1cocn1.CC(C)c1cscn1.CC(C)c1ncccn1.CC(C)c1ncco1.CC(C)c1nccs1. The van der Waals surface area contributed by atoms with Crippen LogP contribution in [0.3, 0.4) is 0 Å². The maximum absolute atomic E-state index is 4.98. The molecule has 534 valence electrons. The Kier molecular flexibility index (Phi) is 93.0. The van der Waals surface area contributed by atoms with Crippen molar-refractivity contribution in [1.29, 1.82) is 0 Å². The number of hydrogen-bond acceptors (Lipinski definition) is 17. The molecule has 0 aliphatic rings. The molecule has 9 aromatic heterocycles. The molecule has 0 bridgehead atoms. The fourth-order valence-corrected chi connectivity index (χ4v) is 7.05. The molecule has 0 aliphatic carbocycles. The van der Waals surface area contributed by atoms with Crippen LogP contribution in [-0.2, 0) is 0 Å². The van der Waals surface area contributed by atoms with Gasteiger partial charge in [-0.2, -0.15) is 0 Å². The molecule has 0 amide bonds. The molecule has 0 spiro atoms. The number of nitrogens with zero attached hydrogens (tertiary/aromatic N) is 11. The molecule has 9 heterocycles. The molecule has 0 radical (unpaired) electrons. The predicted octanol–water partition coefficient (Wildman–Crippen LogP) is 26.8. The first-order valence-corrected chi connectivity index (χ1v) is 37.2. The zero-order valence-corrected chi connectivity index (χ0v) is 68.2. The maximum atomic E-state index is 4.98. The first-order chi connectivity index (χ1) is 44.7. The minimum atomic E-state index is 0.407. The summed E-state index contributed by atoms with van der Waals surface area (Å²) < 4.78 is 14.7. The molecule has 0 N–H and O–H groups in total. The molecule has 0 aliphatic heterocycles. The molecular formula is C76H139N11O3S3. The number of hydrogen-bond donors (Lipinski definition) is 0. The van der Waals surface area contributed by atoms with Crippen molar-refractivity contribution in [3.63, 3.8) is 0 Å². The molecular weight excluding hydrogens is 1210 g/mol. The molecule has 0 saturated carbocycles. The van der Waals surface area contributed by atoms with Crippen molar-refractivity contribution < 1.29 is 13.3 Å². The number of thiazole rings is 3. The van der Waals surface area contributed by atoms with Crippen LogP contribution in [0.25, 0.3) is 0 Å². The molecule has 9 rings (SSSR count). The van der Waals surface area contributed by atoms with Crippen LogP contribution in [0.4, 0.5) is 0 Å². The summed E-state index contributed by atoms with van der Waals surface area (Å²) in [5.41, 5.74) is 8.37. The van der Waals surface area contributed by atoms with Gasteiger partial charge in [-0.25, -0.2) is 44.9 Å². The molecule has 0 unspecified atom stereocenters. The normalized spacial score (nSPS) is 8.87. The van der Waals surface area contributed by atoms with Crippen LogP contribution in [0.1, 0.15) is 353 Å². The molecule has 0 fully saturated rings. The van der Waals surface area contributed by atoms with Crippen molar-refractivity contribution in [3.8, 4) is 0 Å². The molecule has 0 atom stereocenters. The maximum Gasteiger partial charge on any atom is 0.196 e. The number of pyridine rings is 1. The Bertz CT molecular complexity index is 2120. The lowest BCUT2D eigenvalue weighted by molar-refractivity contribution is 0.471. The quantitative estimate of drug-likeness (QED) is 0.133. The minimum absolute atomic E-state index is 0.407. The van der Waals surface area contributed by atoms with Gasteiger partial charge in [-0.1, -0.05) is 255 Å². The second-order valence-electron chi connectivity index (χ2n) is 19.3. The van der Waals surface area contributed by atoms with Crippen LogP contribution in [0.5, 0.6) is 0 Å². The third kappa shape index (κ3) is 65.7. The van der Waals surface area contributed by atoms with Crippen LogP contribution < -0.4 is 0 Å². The van der Waals surface area contributed by atoms with E-state index in [4.69, 9.17) is 13.3 Å². The number of aromatic nitrogens is 11. The standard InChI is InChI=1S/C8H11N.2C7H10N2.3C6H9NO.3C6H9NS.9C2H6/c1-7(2)8-4-3-5-9-6-8;1-6(2)7-3-4-8-5-9-7;1-6(2)7-8-4-3-5-9-7;1-5(2)6-3-8-4-7-6;1-5(2)6-3-7-4-8-6;1-5(2)6-7-3-4-8-6;1-5(2)6-3-8-4-7-6;1-5(2)6-3-7-4-8-6;1-5(2)6-7-3-4-8-6;9*1-2/h3-7H,1-2H3;2*3-6H,1-2H3;6*3-5H,1-2H3;9*1-2H3. The van der Waals surface area contributed by atoms with Gasteiger partial charge in [0.2, 0.25) is 0 Å². The first-order valence-electron chi connectivity index (χ1n) is 34.5. The van der Waals surface area contributed by atoms with E-state index in [1.54, 1.807) is 90.0 Å². The van der Waals surface area contributed by atoms with Crippen LogP contribution in [-0.4, -0.2) is 54.8 Å². The molecule has 93 heavy (non-hydrogen) atoms. The van der Waals surface area contributed by atoms with Crippen molar-refractivity contribution in [1.82, 2.24) is 54.8 Å². The Labute approximate surface area is 584 Å². The van der Waals surface area contributed by atoms with E-state index in [-0.39, 0.29) is 0 Å². The van der Waals surface area contributed by atoms with Crippen LogP contribution in [0, 0.1) is 0 Å².